The fraction of sp³-hybridized carbons (Fsp3) is 0.267. The van der Waals surface area contributed by atoms with Crippen molar-refractivity contribution in [2.45, 2.75) is 12.5 Å². The summed E-state index contributed by atoms with van der Waals surface area (Å²) in [6.45, 7) is 1.13. The third-order valence-electron chi connectivity index (χ3n) is 2.93. The van der Waals surface area contributed by atoms with Crippen molar-refractivity contribution in [2.75, 3.05) is 13.2 Å². The molecule has 1 aromatic carbocycles. The molecule has 1 aromatic heterocycles. The van der Waals surface area contributed by atoms with Crippen molar-refractivity contribution in [3.05, 3.63) is 66.0 Å². The van der Waals surface area contributed by atoms with Gasteiger partial charge in [0.1, 0.15) is 5.69 Å². The van der Waals surface area contributed by atoms with Crippen molar-refractivity contribution in [3.8, 4) is 0 Å². The smallest absolute Gasteiger partial charge is 0.154 e. The average molecular weight is 243 g/mol. The maximum Gasteiger partial charge on any atom is 0.154 e. The molecule has 0 unspecified atom stereocenters. The van der Waals surface area contributed by atoms with Gasteiger partial charge in [-0.05, 0) is 12.1 Å². The quantitative estimate of drug-likeness (QED) is 0.747. The van der Waals surface area contributed by atoms with Crippen LogP contribution in [0, 0.1) is 0 Å². The lowest BCUT2D eigenvalue weighted by atomic mass is 10.0. The number of aliphatic hydroxyl groups excluding tert-OH is 1. The highest BCUT2D eigenvalue weighted by atomic mass is 16.3. The van der Waals surface area contributed by atoms with E-state index >= 15 is 0 Å². The Bertz CT molecular complexity index is 405. The molecule has 0 spiro atoms. The first-order valence-corrected chi connectivity index (χ1v) is 6.32. The predicted molar refractivity (Wildman–Crippen MR) is 71.0 cm³/mol. The van der Waals surface area contributed by atoms with Crippen molar-refractivity contribution < 1.29 is 10.4 Å². The summed E-state index contributed by atoms with van der Waals surface area (Å²) in [5.41, 5.74) is 2.30. The van der Waals surface area contributed by atoms with Gasteiger partial charge in [0, 0.05) is 24.8 Å². The Kier molecular flexibility index (Phi) is 4.88. The van der Waals surface area contributed by atoms with Crippen LogP contribution in [0.4, 0.5) is 0 Å². The van der Waals surface area contributed by atoms with Crippen molar-refractivity contribution in [3.63, 3.8) is 0 Å². The van der Waals surface area contributed by atoms with Crippen molar-refractivity contribution in [2.24, 2.45) is 0 Å². The van der Waals surface area contributed by atoms with E-state index < -0.39 is 0 Å². The standard InChI is InChI=1S/C15H18N2O/c18-12-6-11-17-15(13-7-2-1-3-8-13)14-9-4-5-10-16-14/h1-5,7-10,15,17-18H,6,11-12H2/p+1/t15-/m0/s1. The van der Waals surface area contributed by atoms with Crippen LogP contribution in [0.25, 0.3) is 0 Å². The summed E-state index contributed by atoms with van der Waals surface area (Å²) in [6, 6.07) is 16.6. The van der Waals surface area contributed by atoms with Crippen LogP contribution in [0.15, 0.2) is 54.7 Å². The number of hydrogen-bond acceptors (Lipinski definition) is 2. The van der Waals surface area contributed by atoms with Gasteiger partial charge in [-0.25, -0.2) is 0 Å². The third-order valence-corrected chi connectivity index (χ3v) is 2.93. The number of nitrogens with zero attached hydrogens (tertiary/aromatic N) is 1. The predicted octanol–water partition coefficient (Wildman–Crippen LogP) is 1.12. The number of nitrogens with two attached hydrogens (primary N) is 1. The molecule has 2 aromatic rings. The van der Waals surface area contributed by atoms with E-state index in [1.807, 2.05) is 42.6 Å². The molecule has 2 rings (SSSR count). The van der Waals surface area contributed by atoms with E-state index in [0.717, 1.165) is 18.7 Å². The fourth-order valence-corrected chi connectivity index (χ4v) is 2.02. The summed E-state index contributed by atoms with van der Waals surface area (Å²) in [4.78, 5) is 4.44. The highest BCUT2D eigenvalue weighted by molar-refractivity contribution is 5.24. The Morgan fingerprint density at radius 3 is 2.50 bits per heavy atom. The van der Waals surface area contributed by atoms with Gasteiger partial charge in [0.15, 0.2) is 6.04 Å². The third kappa shape index (κ3) is 3.39. The van der Waals surface area contributed by atoms with E-state index in [1.165, 1.54) is 5.56 Å². The van der Waals surface area contributed by atoms with E-state index in [2.05, 4.69) is 22.4 Å². The number of aromatic nitrogens is 1. The Morgan fingerprint density at radius 2 is 1.83 bits per heavy atom. The van der Waals surface area contributed by atoms with Crippen LogP contribution in [-0.4, -0.2) is 23.2 Å². The molecule has 18 heavy (non-hydrogen) atoms. The zero-order valence-corrected chi connectivity index (χ0v) is 10.4. The Morgan fingerprint density at radius 1 is 1.06 bits per heavy atom. The Balaban J connectivity index is 2.18. The SMILES string of the molecule is OCCC[NH2+][C@@H](c1ccccc1)c1ccccn1. The maximum absolute atomic E-state index is 8.88. The number of hydrogen-bond donors (Lipinski definition) is 2. The Labute approximate surface area is 108 Å². The van der Waals surface area contributed by atoms with Gasteiger partial charge in [-0.3, -0.25) is 4.98 Å². The summed E-state index contributed by atoms with van der Waals surface area (Å²) >= 11 is 0. The summed E-state index contributed by atoms with van der Waals surface area (Å²) in [5.74, 6) is 0. The monoisotopic (exact) mass is 243 g/mol. The minimum Gasteiger partial charge on any atom is -0.396 e. The second-order valence-corrected chi connectivity index (χ2v) is 4.24. The molecule has 1 heterocycles. The zero-order chi connectivity index (χ0) is 12.6. The van der Waals surface area contributed by atoms with Gasteiger partial charge in [-0.1, -0.05) is 36.4 Å². The molecule has 94 valence electrons. The van der Waals surface area contributed by atoms with Gasteiger partial charge in [-0.2, -0.15) is 0 Å². The zero-order valence-electron chi connectivity index (χ0n) is 10.4. The number of aliphatic hydroxyl groups is 1. The highest BCUT2D eigenvalue weighted by Crippen LogP contribution is 2.15. The number of quaternary nitrogens is 1. The number of rotatable bonds is 6. The van der Waals surface area contributed by atoms with Gasteiger partial charge >= 0.3 is 0 Å². The summed E-state index contributed by atoms with van der Waals surface area (Å²) in [6.07, 6.45) is 2.63. The second-order valence-electron chi connectivity index (χ2n) is 4.24. The molecule has 0 aliphatic heterocycles. The maximum atomic E-state index is 8.88. The minimum absolute atomic E-state index is 0.207. The van der Waals surface area contributed by atoms with Crippen LogP contribution in [-0.2, 0) is 0 Å². The lowest BCUT2D eigenvalue weighted by Crippen LogP contribution is -2.85. The van der Waals surface area contributed by atoms with Gasteiger partial charge < -0.3 is 10.4 Å². The topological polar surface area (TPSA) is 49.7 Å². The van der Waals surface area contributed by atoms with E-state index in [4.69, 9.17) is 5.11 Å². The minimum atomic E-state index is 0.207. The van der Waals surface area contributed by atoms with E-state index in [1.54, 1.807) is 0 Å². The molecule has 0 saturated carbocycles. The van der Waals surface area contributed by atoms with Crippen LogP contribution in [0.3, 0.4) is 0 Å². The van der Waals surface area contributed by atoms with Crippen LogP contribution < -0.4 is 5.32 Å². The Hall–Kier alpha value is -1.71. The molecule has 0 fully saturated rings. The number of pyridine rings is 1. The summed E-state index contributed by atoms with van der Waals surface area (Å²) < 4.78 is 0. The molecular formula is C15H19N2O+. The molecule has 3 nitrogen and oxygen atoms in total. The van der Waals surface area contributed by atoms with E-state index in [0.29, 0.717) is 0 Å². The largest absolute Gasteiger partial charge is 0.396 e. The van der Waals surface area contributed by atoms with E-state index in [-0.39, 0.29) is 12.6 Å². The van der Waals surface area contributed by atoms with Crippen LogP contribution in [0.2, 0.25) is 0 Å². The van der Waals surface area contributed by atoms with Crippen LogP contribution >= 0.6 is 0 Å². The van der Waals surface area contributed by atoms with Crippen LogP contribution in [0.1, 0.15) is 23.7 Å². The molecule has 0 amide bonds. The van der Waals surface area contributed by atoms with Gasteiger partial charge in [0.25, 0.3) is 0 Å². The van der Waals surface area contributed by atoms with Crippen molar-refractivity contribution in [1.29, 1.82) is 0 Å². The van der Waals surface area contributed by atoms with Crippen molar-refractivity contribution in [1.82, 2.24) is 4.98 Å². The van der Waals surface area contributed by atoms with Crippen molar-refractivity contribution >= 4 is 0 Å². The second kappa shape index (κ2) is 6.89. The van der Waals surface area contributed by atoms with Gasteiger partial charge in [0.05, 0.1) is 6.54 Å². The molecule has 0 saturated heterocycles. The lowest BCUT2D eigenvalue weighted by Gasteiger charge is -2.15. The lowest BCUT2D eigenvalue weighted by molar-refractivity contribution is -0.688. The molecule has 0 radical (unpaired) electrons. The molecule has 0 aliphatic rings. The normalized spacial score (nSPS) is 12.3. The molecular weight excluding hydrogens is 224 g/mol. The van der Waals surface area contributed by atoms with Gasteiger partial charge in [-0.15, -0.1) is 0 Å². The van der Waals surface area contributed by atoms with Crippen LogP contribution in [0.5, 0.6) is 0 Å². The number of benzene rings is 1. The molecule has 3 heteroatoms. The summed E-state index contributed by atoms with van der Waals surface area (Å²) in [5, 5.41) is 11.1. The van der Waals surface area contributed by atoms with E-state index in [9.17, 15) is 0 Å². The van der Waals surface area contributed by atoms with Gasteiger partial charge in [0.2, 0.25) is 0 Å². The molecule has 3 N–H and O–H groups in total. The summed E-state index contributed by atoms with van der Waals surface area (Å²) in [7, 11) is 0. The molecule has 0 bridgehead atoms. The average Bonchev–Trinajstić information content (AvgIpc) is 2.46. The first-order chi connectivity index (χ1) is 8.92. The first-order valence-electron chi connectivity index (χ1n) is 6.32. The molecule has 0 aliphatic carbocycles. The fourth-order valence-electron chi connectivity index (χ4n) is 2.02. The highest BCUT2D eigenvalue weighted by Gasteiger charge is 2.17. The molecule has 1 atom stereocenters. The first kappa shape index (κ1) is 12.7.